The lowest BCUT2D eigenvalue weighted by Gasteiger charge is -2.35. The summed E-state index contributed by atoms with van der Waals surface area (Å²) in [7, 11) is 3.94. The van der Waals surface area contributed by atoms with E-state index < -0.39 is 0 Å². The van der Waals surface area contributed by atoms with Gasteiger partial charge >= 0.3 is 6.03 Å². The fourth-order valence-corrected chi connectivity index (χ4v) is 4.39. The molecule has 0 aliphatic carbocycles. The lowest BCUT2D eigenvalue weighted by molar-refractivity contribution is 0.146. The molecule has 1 aliphatic heterocycles. The van der Waals surface area contributed by atoms with Crippen molar-refractivity contribution in [1.82, 2.24) is 20.1 Å². The summed E-state index contributed by atoms with van der Waals surface area (Å²) < 4.78 is 0. The second kappa shape index (κ2) is 10.3. The molecule has 7 nitrogen and oxygen atoms in total. The Morgan fingerprint density at radius 2 is 2.03 bits per heavy atom. The van der Waals surface area contributed by atoms with Crippen molar-refractivity contribution in [2.75, 3.05) is 27.2 Å². The number of urea groups is 1. The van der Waals surface area contributed by atoms with Crippen LogP contribution < -0.4 is 5.32 Å². The molecule has 1 unspecified atom stereocenters. The fourth-order valence-electron chi connectivity index (χ4n) is 3.78. The van der Waals surface area contributed by atoms with E-state index in [1.54, 1.807) is 23.4 Å². The lowest BCUT2D eigenvalue weighted by Crippen LogP contribution is -2.48. The van der Waals surface area contributed by atoms with Crippen LogP contribution >= 0.6 is 23.2 Å². The molecule has 1 saturated heterocycles. The van der Waals surface area contributed by atoms with E-state index in [1.807, 2.05) is 26.1 Å². The van der Waals surface area contributed by atoms with Crippen LogP contribution in [0, 0.1) is 0 Å². The van der Waals surface area contributed by atoms with Gasteiger partial charge in [-0.2, -0.15) is 0 Å². The largest absolute Gasteiger partial charge is 0.411 e. The monoisotopic (exact) mass is 463 g/mol. The molecule has 0 saturated carbocycles. The fraction of sp³-hybridized carbons (Fsp3) is 0.409. The molecule has 3 rings (SSSR count). The number of amides is 2. The zero-order valence-corrected chi connectivity index (χ0v) is 19.4. The third kappa shape index (κ3) is 5.47. The molecule has 9 heteroatoms. The summed E-state index contributed by atoms with van der Waals surface area (Å²) in [5, 5.41) is 15.6. The first-order valence-electron chi connectivity index (χ1n) is 10.1. The number of oxime groups is 1. The second-order valence-electron chi connectivity index (χ2n) is 7.90. The Kier molecular flexibility index (Phi) is 7.75. The number of carbonyl (C=O) groups excluding carboxylic acids is 1. The van der Waals surface area contributed by atoms with Crippen LogP contribution in [0.4, 0.5) is 4.79 Å². The topological polar surface area (TPSA) is 81.1 Å². The Morgan fingerprint density at radius 1 is 1.32 bits per heavy atom. The van der Waals surface area contributed by atoms with Crippen LogP contribution in [-0.4, -0.2) is 65.5 Å². The highest BCUT2D eigenvalue weighted by Gasteiger charge is 2.25. The van der Waals surface area contributed by atoms with E-state index >= 15 is 0 Å². The van der Waals surface area contributed by atoms with Gasteiger partial charge in [0.25, 0.3) is 0 Å². The minimum absolute atomic E-state index is 0.126. The Bertz CT molecular complexity index is 961. The molecule has 2 aromatic rings. The number of likely N-dealkylation sites (tertiary alicyclic amines) is 1. The zero-order valence-electron chi connectivity index (χ0n) is 17.8. The molecule has 2 amide bonds. The van der Waals surface area contributed by atoms with Crippen molar-refractivity contribution in [3.05, 3.63) is 51.8 Å². The van der Waals surface area contributed by atoms with Crippen molar-refractivity contribution in [3.63, 3.8) is 0 Å². The highest BCUT2D eigenvalue weighted by atomic mass is 35.5. The predicted molar refractivity (Wildman–Crippen MR) is 124 cm³/mol. The third-order valence-electron chi connectivity index (χ3n) is 5.75. The summed E-state index contributed by atoms with van der Waals surface area (Å²) >= 11 is 13.2. The van der Waals surface area contributed by atoms with Crippen molar-refractivity contribution < 1.29 is 10.0 Å². The van der Waals surface area contributed by atoms with Gasteiger partial charge in [-0.1, -0.05) is 40.5 Å². The molecule has 1 aromatic carbocycles. The summed E-state index contributed by atoms with van der Waals surface area (Å²) in [5.41, 5.74) is 2.82. The number of nitrogens with one attached hydrogen (secondary N) is 1. The number of hydrogen-bond acceptors (Lipinski definition) is 5. The van der Waals surface area contributed by atoms with Gasteiger partial charge in [0.2, 0.25) is 0 Å². The van der Waals surface area contributed by atoms with Gasteiger partial charge in [0.1, 0.15) is 0 Å². The van der Waals surface area contributed by atoms with Crippen LogP contribution in [0.15, 0.2) is 35.7 Å². The van der Waals surface area contributed by atoms with E-state index in [0.717, 1.165) is 37.1 Å². The van der Waals surface area contributed by atoms with E-state index in [9.17, 15) is 4.79 Å². The van der Waals surface area contributed by atoms with E-state index in [2.05, 4.69) is 27.4 Å². The number of benzene rings is 1. The molecular formula is C22H27Cl2N5O2. The van der Waals surface area contributed by atoms with Crippen molar-refractivity contribution in [2.45, 2.75) is 31.8 Å². The molecule has 166 valence electrons. The number of carbonyl (C=O) groups is 1. The van der Waals surface area contributed by atoms with Crippen molar-refractivity contribution in [1.29, 1.82) is 0 Å². The second-order valence-corrected chi connectivity index (χ2v) is 8.65. The van der Waals surface area contributed by atoms with Gasteiger partial charge in [-0.25, -0.2) is 4.79 Å². The van der Waals surface area contributed by atoms with Gasteiger partial charge in [-0.15, -0.1) is 0 Å². The Hall–Kier alpha value is -2.35. The number of piperidine rings is 1. The Morgan fingerprint density at radius 3 is 2.71 bits per heavy atom. The molecular weight excluding hydrogens is 437 g/mol. The molecule has 2 N–H and O–H groups in total. The Balaban J connectivity index is 1.75. The first kappa shape index (κ1) is 23.3. The molecule has 1 aromatic heterocycles. The van der Waals surface area contributed by atoms with E-state index in [-0.39, 0.29) is 18.1 Å². The van der Waals surface area contributed by atoms with Gasteiger partial charge in [0.05, 0.1) is 22.3 Å². The number of pyridine rings is 1. The maximum absolute atomic E-state index is 12.8. The molecule has 1 atom stereocenters. The molecule has 0 spiro atoms. The van der Waals surface area contributed by atoms with Crippen molar-refractivity contribution in [3.8, 4) is 11.1 Å². The number of halogens is 2. The number of aromatic nitrogens is 1. The molecule has 0 bridgehead atoms. The van der Waals surface area contributed by atoms with Gasteiger partial charge < -0.3 is 20.3 Å². The zero-order chi connectivity index (χ0) is 22.5. The third-order valence-corrected chi connectivity index (χ3v) is 6.65. The highest BCUT2D eigenvalue weighted by Crippen LogP contribution is 2.38. The standard InChI is InChI=1S/C22H27Cl2N5O2/c1-14(27-22(30)29(3)17-6-8-28(2)9-7-17)18-4-5-19(21(24)20(18)23)16-10-15(12-26-31)11-25-13-16/h4-5,10-14,17,31H,6-9H2,1-3H3,(H,27,30). The maximum Gasteiger partial charge on any atom is 0.317 e. The first-order chi connectivity index (χ1) is 14.8. The minimum atomic E-state index is -0.314. The first-order valence-corrected chi connectivity index (χ1v) is 10.9. The van der Waals surface area contributed by atoms with Gasteiger partial charge in [-0.3, -0.25) is 4.98 Å². The van der Waals surface area contributed by atoms with E-state index in [4.69, 9.17) is 28.4 Å². The number of rotatable bonds is 5. The van der Waals surface area contributed by atoms with Crippen LogP contribution in [0.3, 0.4) is 0 Å². The lowest BCUT2D eigenvalue weighted by atomic mass is 10.0. The molecule has 31 heavy (non-hydrogen) atoms. The average Bonchev–Trinajstić information content (AvgIpc) is 2.76. The Labute approximate surface area is 192 Å². The van der Waals surface area contributed by atoms with Crippen molar-refractivity contribution in [2.24, 2.45) is 5.16 Å². The van der Waals surface area contributed by atoms with Crippen molar-refractivity contribution >= 4 is 35.4 Å². The minimum Gasteiger partial charge on any atom is -0.411 e. The van der Waals surface area contributed by atoms with Crippen LogP contribution in [0.25, 0.3) is 11.1 Å². The van der Waals surface area contributed by atoms with E-state index in [0.29, 0.717) is 21.2 Å². The molecule has 0 radical (unpaired) electrons. The number of hydrogen-bond donors (Lipinski definition) is 2. The normalized spacial score (nSPS) is 16.4. The predicted octanol–water partition coefficient (Wildman–Crippen LogP) is 4.66. The molecule has 1 fully saturated rings. The van der Waals surface area contributed by atoms with Crippen LogP contribution in [-0.2, 0) is 0 Å². The van der Waals surface area contributed by atoms with Gasteiger partial charge in [-0.05, 0) is 51.5 Å². The van der Waals surface area contributed by atoms with Crippen LogP contribution in [0.2, 0.25) is 10.0 Å². The maximum atomic E-state index is 12.8. The summed E-state index contributed by atoms with van der Waals surface area (Å²) in [5.74, 6) is 0. The van der Waals surface area contributed by atoms with Crippen LogP contribution in [0.1, 0.15) is 36.9 Å². The summed E-state index contributed by atoms with van der Waals surface area (Å²) in [6.07, 6.45) is 6.45. The quantitative estimate of drug-likeness (QED) is 0.383. The summed E-state index contributed by atoms with van der Waals surface area (Å²) in [6, 6.07) is 5.30. The summed E-state index contributed by atoms with van der Waals surface area (Å²) in [6.45, 7) is 3.86. The van der Waals surface area contributed by atoms with E-state index in [1.165, 1.54) is 6.21 Å². The molecule has 2 heterocycles. The number of nitrogens with zero attached hydrogens (tertiary/aromatic N) is 4. The van der Waals surface area contributed by atoms with Crippen LogP contribution in [0.5, 0.6) is 0 Å². The van der Waals surface area contributed by atoms with Gasteiger partial charge in [0.15, 0.2) is 0 Å². The smallest absolute Gasteiger partial charge is 0.317 e. The van der Waals surface area contributed by atoms with Gasteiger partial charge in [0, 0.05) is 42.2 Å². The SMILES string of the molecule is CC(NC(=O)N(C)C1CCN(C)CC1)c1ccc(-c2cncc(C=NO)c2)c(Cl)c1Cl. The highest BCUT2D eigenvalue weighted by molar-refractivity contribution is 6.44. The molecule has 1 aliphatic rings. The summed E-state index contributed by atoms with van der Waals surface area (Å²) in [4.78, 5) is 21.0. The average molecular weight is 464 g/mol.